The summed E-state index contributed by atoms with van der Waals surface area (Å²) in [6.45, 7) is 4.43. The molecule has 0 unspecified atom stereocenters. The van der Waals surface area contributed by atoms with Crippen LogP contribution < -0.4 is 25.0 Å². The second kappa shape index (κ2) is 12.8. The van der Waals surface area contributed by atoms with Crippen molar-refractivity contribution >= 4 is 23.7 Å². The molecule has 182 valence electrons. The number of nitrogens with zero attached hydrogens (tertiary/aromatic N) is 1. The average molecular weight is 476 g/mol. The number of amides is 2. The normalized spacial score (nSPS) is 10.6. The topological polar surface area (TPSA) is 98.3 Å². The van der Waals surface area contributed by atoms with Crippen LogP contribution in [-0.2, 0) is 4.79 Å². The lowest BCUT2D eigenvalue weighted by molar-refractivity contribution is -0.118. The van der Waals surface area contributed by atoms with Crippen molar-refractivity contribution in [1.29, 1.82) is 0 Å². The summed E-state index contributed by atoms with van der Waals surface area (Å²) in [5.41, 5.74) is 5.43. The van der Waals surface area contributed by atoms with Crippen LogP contribution in [0.4, 0.5) is 5.69 Å². The molecule has 0 radical (unpaired) electrons. The molecule has 0 fully saturated rings. The zero-order valence-corrected chi connectivity index (χ0v) is 20.0. The van der Waals surface area contributed by atoms with Crippen LogP contribution in [0.25, 0.3) is 0 Å². The molecule has 2 N–H and O–H groups in total. The number of hydrogen-bond acceptors (Lipinski definition) is 6. The molecule has 0 aromatic heterocycles. The Morgan fingerprint density at radius 3 is 2.49 bits per heavy atom. The third kappa shape index (κ3) is 7.89. The summed E-state index contributed by atoms with van der Waals surface area (Å²) in [5.74, 6) is 0.998. The van der Waals surface area contributed by atoms with Gasteiger partial charge in [0, 0.05) is 11.3 Å². The molecule has 0 spiro atoms. The van der Waals surface area contributed by atoms with Gasteiger partial charge in [0.25, 0.3) is 11.8 Å². The van der Waals surface area contributed by atoms with Gasteiger partial charge in [-0.15, -0.1) is 0 Å². The molecule has 3 aromatic carbocycles. The number of hydrazone groups is 1. The highest BCUT2D eigenvalue weighted by Crippen LogP contribution is 2.28. The van der Waals surface area contributed by atoms with Crippen LogP contribution in [0.3, 0.4) is 0 Å². The van der Waals surface area contributed by atoms with Crippen molar-refractivity contribution in [3.8, 4) is 17.2 Å². The molecular weight excluding hydrogens is 446 g/mol. The summed E-state index contributed by atoms with van der Waals surface area (Å²) >= 11 is 0. The Bertz CT molecular complexity index is 1180. The predicted octanol–water partition coefficient (Wildman–Crippen LogP) is 4.57. The summed E-state index contributed by atoms with van der Waals surface area (Å²) in [6, 6.07) is 19.5. The van der Waals surface area contributed by atoms with Crippen molar-refractivity contribution in [2.45, 2.75) is 20.3 Å². The molecule has 0 saturated carbocycles. The van der Waals surface area contributed by atoms with E-state index in [4.69, 9.17) is 14.2 Å². The number of methoxy groups -OCH3 is 1. The minimum atomic E-state index is -0.374. The van der Waals surface area contributed by atoms with Gasteiger partial charge >= 0.3 is 0 Å². The minimum absolute atomic E-state index is 0.108. The quantitative estimate of drug-likeness (QED) is 0.313. The third-order valence-electron chi connectivity index (χ3n) is 4.82. The van der Waals surface area contributed by atoms with Gasteiger partial charge in [0.05, 0.1) is 19.9 Å². The van der Waals surface area contributed by atoms with E-state index in [0.29, 0.717) is 29.4 Å². The van der Waals surface area contributed by atoms with Gasteiger partial charge in [-0.2, -0.15) is 5.10 Å². The third-order valence-corrected chi connectivity index (χ3v) is 4.82. The molecule has 0 aliphatic heterocycles. The number of anilines is 1. The average Bonchev–Trinajstić information content (AvgIpc) is 2.86. The fourth-order valence-electron chi connectivity index (χ4n) is 3.09. The second-order valence-electron chi connectivity index (χ2n) is 7.69. The van der Waals surface area contributed by atoms with Crippen molar-refractivity contribution in [3.05, 3.63) is 83.4 Å². The molecule has 3 rings (SSSR count). The number of carbonyl (C=O) groups excluding carboxylic acids is 2. The van der Waals surface area contributed by atoms with Gasteiger partial charge in [-0.3, -0.25) is 9.59 Å². The Hall–Kier alpha value is -4.33. The van der Waals surface area contributed by atoms with Crippen LogP contribution in [0.2, 0.25) is 0 Å². The highest BCUT2D eigenvalue weighted by Gasteiger charge is 2.11. The molecule has 8 nitrogen and oxygen atoms in total. The first-order valence-corrected chi connectivity index (χ1v) is 11.2. The lowest BCUT2D eigenvalue weighted by Gasteiger charge is -2.11. The summed E-state index contributed by atoms with van der Waals surface area (Å²) in [6.07, 6.45) is 2.39. The number of ether oxygens (including phenoxy) is 3. The molecule has 0 aliphatic carbocycles. The summed E-state index contributed by atoms with van der Waals surface area (Å²) in [5, 5.41) is 6.80. The number of rotatable bonds is 11. The summed E-state index contributed by atoms with van der Waals surface area (Å²) in [4.78, 5) is 24.5. The Morgan fingerprint density at radius 1 is 0.971 bits per heavy atom. The van der Waals surface area contributed by atoms with Crippen molar-refractivity contribution < 1.29 is 23.8 Å². The molecular formula is C27H29N3O5. The minimum Gasteiger partial charge on any atom is -0.493 e. The Morgan fingerprint density at radius 2 is 1.77 bits per heavy atom. The lowest BCUT2D eigenvalue weighted by Crippen LogP contribution is -2.20. The van der Waals surface area contributed by atoms with Crippen molar-refractivity contribution in [3.63, 3.8) is 0 Å². The molecule has 35 heavy (non-hydrogen) atoms. The van der Waals surface area contributed by atoms with Crippen LogP contribution in [-0.4, -0.2) is 38.4 Å². The molecule has 0 heterocycles. The van der Waals surface area contributed by atoms with E-state index in [1.54, 1.807) is 42.5 Å². The maximum absolute atomic E-state index is 12.4. The van der Waals surface area contributed by atoms with E-state index in [9.17, 15) is 9.59 Å². The van der Waals surface area contributed by atoms with Crippen molar-refractivity contribution in [2.75, 3.05) is 25.6 Å². The number of carbonyl (C=O) groups is 2. The van der Waals surface area contributed by atoms with Crippen LogP contribution in [0.5, 0.6) is 17.2 Å². The smallest absolute Gasteiger partial charge is 0.271 e. The van der Waals surface area contributed by atoms with Gasteiger partial charge in [0.1, 0.15) is 5.75 Å². The van der Waals surface area contributed by atoms with E-state index in [1.807, 2.05) is 38.1 Å². The molecule has 0 aliphatic rings. The van der Waals surface area contributed by atoms with E-state index in [1.165, 1.54) is 13.3 Å². The number of benzene rings is 3. The van der Waals surface area contributed by atoms with Crippen molar-refractivity contribution in [2.24, 2.45) is 5.10 Å². The Labute approximate surface area is 204 Å². The van der Waals surface area contributed by atoms with Crippen LogP contribution in [0.1, 0.15) is 34.8 Å². The standard InChI is InChI=1S/C27H29N3O5/c1-4-14-34-24-13-10-21(16-25(24)33-3)27(32)30-28-17-20-8-11-23(12-9-20)35-18-26(31)29-22-7-5-6-19(2)15-22/h5-13,15-17H,4,14,18H2,1-3H3,(H,29,31)(H,30,32)/b28-17+. The lowest BCUT2D eigenvalue weighted by atomic mass is 10.2. The van der Waals surface area contributed by atoms with E-state index in [-0.39, 0.29) is 18.4 Å². The van der Waals surface area contributed by atoms with Crippen LogP contribution >= 0.6 is 0 Å². The van der Waals surface area contributed by atoms with E-state index < -0.39 is 0 Å². The zero-order chi connectivity index (χ0) is 25.0. The first-order valence-electron chi connectivity index (χ1n) is 11.2. The van der Waals surface area contributed by atoms with Gasteiger partial charge in [-0.05, 0) is 79.1 Å². The molecule has 0 atom stereocenters. The van der Waals surface area contributed by atoms with Crippen LogP contribution in [0, 0.1) is 6.92 Å². The highest BCUT2D eigenvalue weighted by atomic mass is 16.5. The maximum atomic E-state index is 12.4. The van der Waals surface area contributed by atoms with Gasteiger partial charge in [-0.1, -0.05) is 19.1 Å². The molecule has 2 amide bonds. The fraction of sp³-hybridized carbons (Fsp3) is 0.222. The van der Waals surface area contributed by atoms with Gasteiger partial charge in [-0.25, -0.2) is 5.43 Å². The first-order chi connectivity index (χ1) is 17.0. The van der Waals surface area contributed by atoms with Crippen LogP contribution in [0.15, 0.2) is 71.8 Å². The van der Waals surface area contributed by atoms with Gasteiger partial charge < -0.3 is 19.5 Å². The molecule has 8 heteroatoms. The van der Waals surface area contributed by atoms with Crippen molar-refractivity contribution in [1.82, 2.24) is 5.43 Å². The van der Waals surface area contributed by atoms with E-state index >= 15 is 0 Å². The number of aryl methyl sites for hydroxylation is 1. The monoisotopic (exact) mass is 475 g/mol. The first kappa shape index (κ1) is 25.3. The molecule has 0 saturated heterocycles. The largest absolute Gasteiger partial charge is 0.493 e. The second-order valence-corrected chi connectivity index (χ2v) is 7.69. The molecule has 0 bridgehead atoms. The Balaban J connectivity index is 1.48. The summed E-state index contributed by atoms with van der Waals surface area (Å²) in [7, 11) is 1.53. The van der Waals surface area contributed by atoms with Gasteiger partial charge in [0.15, 0.2) is 18.1 Å². The zero-order valence-electron chi connectivity index (χ0n) is 20.0. The summed E-state index contributed by atoms with van der Waals surface area (Å²) < 4.78 is 16.4. The van der Waals surface area contributed by atoms with E-state index in [2.05, 4.69) is 15.8 Å². The predicted molar refractivity (Wildman–Crippen MR) is 136 cm³/mol. The van der Waals surface area contributed by atoms with E-state index in [0.717, 1.165) is 23.2 Å². The Kier molecular flexibility index (Phi) is 9.24. The highest BCUT2D eigenvalue weighted by molar-refractivity contribution is 5.95. The molecule has 3 aromatic rings. The fourth-order valence-corrected chi connectivity index (χ4v) is 3.09. The number of nitrogens with one attached hydrogen (secondary N) is 2. The number of hydrogen-bond donors (Lipinski definition) is 2. The SMILES string of the molecule is CCCOc1ccc(C(=O)N/N=C/c2ccc(OCC(=O)Nc3cccc(C)c3)cc2)cc1OC. The van der Waals surface area contributed by atoms with Gasteiger partial charge in [0.2, 0.25) is 0 Å². The maximum Gasteiger partial charge on any atom is 0.271 e.